The summed E-state index contributed by atoms with van der Waals surface area (Å²) in [4.78, 5) is 0. The molecule has 0 heterocycles. The summed E-state index contributed by atoms with van der Waals surface area (Å²) >= 11 is 0. The van der Waals surface area contributed by atoms with Gasteiger partial charge in [-0.1, -0.05) is 12.1 Å². The lowest BCUT2D eigenvalue weighted by Crippen LogP contribution is -2.18. The lowest BCUT2D eigenvalue weighted by Gasteiger charge is -2.11. The highest BCUT2D eigenvalue weighted by Crippen LogP contribution is 2.17. The van der Waals surface area contributed by atoms with E-state index in [-0.39, 0.29) is 6.73 Å². The quantitative estimate of drug-likeness (QED) is 0.563. The van der Waals surface area contributed by atoms with Gasteiger partial charge in [-0.15, -0.1) is 0 Å². The summed E-state index contributed by atoms with van der Waals surface area (Å²) in [5.41, 5.74) is 5.48. The van der Waals surface area contributed by atoms with Gasteiger partial charge in [-0.25, -0.2) is 0 Å². The first-order chi connectivity index (χ1) is 6.66. The minimum absolute atomic E-state index is 0.0594. The molecular weight excluding hydrogens is 174 g/mol. The first-order valence-corrected chi connectivity index (χ1v) is 5.04. The highest BCUT2D eigenvalue weighted by Gasteiger charge is 2.02. The van der Waals surface area contributed by atoms with E-state index in [0.29, 0.717) is 0 Å². The molecule has 0 bridgehead atoms. The van der Waals surface area contributed by atoms with Gasteiger partial charge in [0.2, 0.25) is 0 Å². The summed E-state index contributed by atoms with van der Waals surface area (Å²) in [6.45, 7) is 7.35. The summed E-state index contributed by atoms with van der Waals surface area (Å²) in [5.74, 6) is 0. The Morgan fingerprint density at radius 3 is 2.50 bits per heavy atom. The molecule has 0 fully saturated rings. The van der Waals surface area contributed by atoms with Crippen molar-refractivity contribution in [1.82, 2.24) is 5.32 Å². The number of aryl methyl sites for hydroxylation is 1. The van der Waals surface area contributed by atoms with Crippen molar-refractivity contribution < 1.29 is 5.11 Å². The van der Waals surface area contributed by atoms with E-state index in [1.807, 2.05) is 0 Å². The van der Waals surface area contributed by atoms with E-state index < -0.39 is 0 Å². The SMILES string of the molecule is Cc1ccc(CCNCO)c(C)c1C. The molecule has 0 spiro atoms. The number of aliphatic hydroxyl groups is 1. The van der Waals surface area contributed by atoms with E-state index in [0.717, 1.165) is 13.0 Å². The third-order valence-corrected chi connectivity index (χ3v) is 2.85. The maximum atomic E-state index is 8.60. The smallest absolute Gasteiger partial charge is 0.0931 e. The molecule has 0 aliphatic carbocycles. The highest BCUT2D eigenvalue weighted by molar-refractivity contribution is 5.38. The van der Waals surface area contributed by atoms with Crippen LogP contribution in [0.2, 0.25) is 0 Å². The first kappa shape index (κ1) is 11.2. The monoisotopic (exact) mass is 193 g/mol. The van der Waals surface area contributed by atoms with Gasteiger partial charge in [0.1, 0.15) is 0 Å². The maximum absolute atomic E-state index is 8.60. The molecule has 0 amide bonds. The predicted molar refractivity (Wildman–Crippen MR) is 59.4 cm³/mol. The fourth-order valence-electron chi connectivity index (χ4n) is 1.59. The zero-order valence-corrected chi connectivity index (χ0v) is 9.22. The maximum Gasteiger partial charge on any atom is 0.0931 e. The molecule has 1 aromatic carbocycles. The number of benzene rings is 1. The molecular formula is C12H19NO. The van der Waals surface area contributed by atoms with E-state index in [1.165, 1.54) is 22.3 Å². The van der Waals surface area contributed by atoms with Gasteiger partial charge < -0.3 is 5.11 Å². The number of hydrogen-bond donors (Lipinski definition) is 2. The van der Waals surface area contributed by atoms with E-state index in [1.54, 1.807) is 0 Å². The average Bonchev–Trinajstić information content (AvgIpc) is 2.18. The Bertz CT molecular complexity index is 307. The number of aliphatic hydroxyl groups excluding tert-OH is 1. The molecule has 0 atom stereocenters. The van der Waals surface area contributed by atoms with Crippen molar-refractivity contribution >= 4 is 0 Å². The van der Waals surface area contributed by atoms with Crippen LogP contribution in [0, 0.1) is 20.8 Å². The van der Waals surface area contributed by atoms with Crippen LogP contribution in [0.4, 0.5) is 0 Å². The Morgan fingerprint density at radius 2 is 1.86 bits per heavy atom. The van der Waals surface area contributed by atoms with E-state index in [2.05, 4.69) is 38.2 Å². The van der Waals surface area contributed by atoms with E-state index in [9.17, 15) is 0 Å². The van der Waals surface area contributed by atoms with Crippen LogP contribution in [-0.4, -0.2) is 18.4 Å². The molecule has 0 radical (unpaired) electrons. The van der Waals surface area contributed by atoms with Crippen molar-refractivity contribution in [3.63, 3.8) is 0 Å². The number of nitrogens with one attached hydrogen (secondary N) is 1. The van der Waals surface area contributed by atoms with Gasteiger partial charge in [0.15, 0.2) is 0 Å². The second-order valence-corrected chi connectivity index (χ2v) is 3.70. The van der Waals surface area contributed by atoms with Crippen LogP contribution in [0.3, 0.4) is 0 Å². The van der Waals surface area contributed by atoms with Gasteiger partial charge in [0.05, 0.1) is 6.73 Å². The largest absolute Gasteiger partial charge is 0.381 e. The Kier molecular flexibility index (Phi) is 4.11. The van der Waals surface area contributed by atoms with Crippen molar-refractivity contribution in [1.29, 1.82) is 0 Å². The molecule has 78 valence electrons. The molecule has 0 aliphatic heterocycles. The van der Waals surface area contributed by atoms with Crippen molar-refractivity contribution in [2.24, 2.45) is 0 Å². The van der Waals surface area contributed by atoms with Crippen LogP contribution in [-0.2, 0) is 6.42 Å². The van der Waals surface area contributed by atoms with Gasteiger partial charge in [-0.2, -0.15) is 0 Å². The van der Waals surface area contributed by atoms with Crippen LogP contribution in [0.15, 0.2) is 12.1 Å². The van der Waals surface area contributed by atoms with Crippen LogP contribution < -0.4 is 5.32 Å². The van der Waals surface area contributed by atoms with Gasteiger partial charge >= 0.3 is 0 Å². The topological polar surface area (TPSA) is 32.3 Å². The Hall–Kier alpha value is -0.860. The fraction of sp³-hybridized carbons (Fsp3) is 0.500. The fourth-order valence-corrected chi connectivity index (χ4v) is 1.59. The second-order valence-electron chi connectivity index (χ2n) is 3.70. The molecule has 0 aliphatic rings. The molecule has 0 aromatic heterocycles. The summed E-state index contributed by atoms with van der Waals surface area (Å²) in [6, 6.07) is 4.34. The van der Waals surface area contributed by atoms with Gasteiger partial charge in [0, 0.05) is 6.54 Å². The van der Waals surface area contributed by atoms with Crippen LogP contribution >= 0.6 is 0 Å². The normalized spacial score (nSPS) is 10.6. The predicted octanol–water partition coefficient (Wildman–Crippen LogP) is 1.69. The lowest BCUT2D eigenvalue weighted by atomic mass is 9.97. The Morgan fingerprint density at radius 1 is 1.14 bits per heavy atom. The molecule has 2 heteroatoms. The number of hydrogen-bond acceptors (Lipinski definition) is 2. The average molecular weight is 193 g/mol. The second kappa shape index (κ2) is 5.13. The highest BCUT2D eigenvalue weighted by atomic mass is 16.3. The zero-order valence-electron chi connectivity index (χ0n) is 9.22. The number of rotatable bonds is 4. The van der Waals surface area contributed by atoms with Crippen LogP contribution in [0.1, 0.15) is 22.3 Å². The minimum atomic E-state index is 0.0594. The molecule has 2 nitrogen and oxygen atoms in total. The van der Waals surface area contributed by atoms with Crippen molar-refractivity contribution in [3.8, 4) is 0 Å². The molecule has 0 unspecified atom stereocenters. The van der Waals surface area contributed by atoms with E-state index >= 15 is 0 Å². The Balaban J connectivity index is 2.73. The summed E-state index contributed by atoms with van der Waals surface area (Å²) in [6.07, 6.45) is 0.980. The molecule has 1 aromatic rings. The van der Waals surface area contributed by atoms with Crippen molar-refractivity contribution in [2.75, 3.05) is 13.3 Å². The molecule has 14 heavy (non-hydrogen) atoms. The Labute approximate surface area is 86.0 Å². The van der Waals surface area contributed by atoms with Gasteiger partial charge in [-0.3, -0.25) is 5.32 Å². The van der Waals surface area contributed by atoms with Gasteiger partial charge in [0.25, 0.3) is 0 Å². The third-order valence-electron chi connectivity index (χ3n) is 2.85. The summed E-state index contributed by atoms with van der Waals surface area (Å²) < 4.78 is 0. The van der Waals surface area contributed by atoms with Crippen LogP contribution in [0.25, 0.3) is 0 Å². The summed E-state index contributed by atoms with van der Waals surface area (Å²) in [7, 11) is 0. The van der Waals surface area contributed by atoms with Gasteiger partial charge in [-0.05, 0) is 49.4 Å². The van der Waals surface area contributed by atoms with Crippen molar-refractivity contribution in [3.05, 3.63) is 34.4 Å². The molecule has 2 N–H and O–H groups in total. The zero-order chi connectivity index (χ0) is 10.6. The van der Waals surface area contributed by atoms with Crippen LogP contribution in [0.5, 0.6) is 0 Å². The standard InChI is InChI=1S/C12H19NO/c1-9-4-5-12(6-7-13-8-14)11(3)10(9)2/h4-5,13-14H,6-8H2,1-3H3. The third kappa shape index (κ3) is 2.56. The molecule has 0 saturated heterocycles. The van der Waals surface area contributed by atoms with Crippen molar-refractivity contribution in [2.45, 2.75) is 27.2 Å². The minimum Gasteiger partial charge on any atom is -0.381 e. The lowest BCUT2D eigenvalue weighted by molar-refractivity contribution is 0.262. The summed E-state index contributed by atoms with van der Waals surface area (Å²) in [5, 5.41) is 11.5. The van der Waals surface area contributed by atoms with E-state index in [4.69, 9.17) is 5.11 Å². The first-order valence-electron chi connectivity index (χ1n) is 5.04. The molecule has 0 saturated carbocycles. The molecule has 1 rings (SSSR count).